The Bertz CT molecular complexity index is 1230. The summed E-state index contributed by atoms with van der Waals surface area (Å²) < 4.78 is 66.9. The lowest BCUT2D eigenvalue weighted by molar-refractivity contribution is -0.137. The third-order valence-electron chi connectivity index (χ3n) is 5.73. The van der Waals surface area contributed by atoms with Crippen LogP contribution in [0.15, 0.2) is 42.7 Å². The number of aromatic nitrogens is 3. The van der Waals surface area contributed by atoms with Gasteiger partial charge in [-0.3, -0.25) is 9.78 Å². The van der Waals surface area contributed by atoms with Crippen LogP contribution in [0, 0.1) is 17.6 Å². The summed E-state index contributed by atoms with van der Waals surface area (Å²) in [6.45, 7) is 0.862. The third kappa shape index (κ3) is 5.81. The van der Waals surface area contributed by atoms with Gasteiger partial charge in [0.1, 0.15) is 23.3 Å². The Kier molecular flexibility index (Phi) is 6.81. The van der Waals surface area contributed by atoms with E-state index < -0.39 is 23.4 Å². The van der Waals surface area contributed by atoms with Crippen LogP contribution in [0.5, 0.6) is 0 Å². The second-order valence-electron chi connectivity index (χ2n) is 8.15. The van der Waals surface area contributed by atoms with Crippen LogP contribution >= 0.6 is 0 Å². The lowest BCUT2D eigenvalue weighted by Crippen LogP contribution is -2.39. The predicted octanol–water partition coefficient (Wildman–Crippen LogP) is 4.15. The van der Waals surface area contributed by atoms with Crippen LogP contribution in [0.3, 0.4) is 0 Å². The number of rotatable bonds is 6. The highest BCUT2D eigenvalue weighted by molar-refractivity contribution is 5.77. The zero-order valence-electron chi connectivity index (χ0n) is 18.3. The van der Waals surface area contributed by atoms with Crippen LogP contribution in [-0.2, 0) is 17.5 Å². The van der Waals surface area contributed by atoms with Crippen molar-refractivity contribution in [2.45, 2.75) is 25.6 Å². The molecule has 0 aliphatic carbocycles. The van der Waals surface area contributed by atoms with Gasteiger partial charge in [0.15, 0.2) is 5.82 Å². The molecule has 2 aromatic heterocycles. The number of hydrogen-bond donors (Lipinski definition) is 2. The number of primary amides is 1. The summed E-state index contributed by atoms with van der Waals surface area (Å²) in [5, 5.41) is 2.93. The first-order valence-electron chi connectivity index (χ1n) is 10.7. The summed E-state index contributed by atoms with van der Waals surface area (Å²) in [5.41, 5.74) is 4.67. The molecule has 0 radical (unpaired) electrons. The smallest absolute Gasteiger partial charge is 0.369 e. The minimum atomic E-state index is -4.60. The van der Waals surface area contributed by atoms with E-state index in [1.54, 1.807) is 6.07 Å². The molecule has 0 bridgehead atoms. The molecular formula is C23H21F5N6O. The molecule has 1 amide bonds. The van der Waals surface area contributed by atoms with Crippen molar-refractivity contribution in [2.24, 2.45) is 11.7 Å². The normalized spacial score (nSPS) is 14.7. The van der Waals surface area contributed by atoms with Crippen LogP contribution in [0.1, 0.15) is 24.0 Å². The fraction of sp³-hybridized carbons (Fsp3) is 0.304. The van der Waals surface area contributed by atoms with Gasteiger partial charge < -0.3 is 16.0 Å². The number of pyridine rings is 1. The maximum atomic E-state index is 14.1. The number of hydrogen-bond acceptors (Lipinski definition) is 6. The number of amides is 1. The summed E-state index contributed by atoms with van der Waals surface area (Å²) >= 11 is 0. The van der Waals surface area contributed by atoms with Gasteiger partial charge in [-0.2, -0.15) is 13.2 Å². The first kappa shape index (κ1) is 24.3. The first-order valence-corrected chi connectivity index (χ1v) is 10.7. The molecule has 35 heavy (non-hydrogen) atoms. The summed E-state index contributed by atoms with van der Waals surface area (Å²) in [6, 6.07) is 5.64. The number of alkyl halides is 3. The van der Waals surface area contributed by atoms with Gasteiger partial charge in [-0.1, -0.05) is 6.07 Å². The van der Waals surface area contributed by atoms with E-state index in [2.05, 4.69) is 20.3 Å². The van der Waals surface area contributed by atoms with E-state index in [4.69, 9.17) is 5.73 Å². The van der Waals surface area contributed by atoms with Gasteiger partial charge in [0.05, 0.1) is 5.56 Å². The van der Waals surface area contributed by atoms with Crippen molar-refractivity contribution in [1.29, 1.82) is 0 Å². The second kappa shape index (κ2) is 9.80. The molecule has 4 rings (SSSR count). The van der Waals surface area contributed by atoms with Crippen LogP contribution in [0.25, 0.3) is 11.4 Å². The Balaban J connectivity index is 1.66. The molecule has 184 valence electrons. The van der Waals surface area contributed by atoms with Gasteiger partial charge >= 0.3 is 6.18 Å². The number of carbonyl (C=O) groups is 1. The molecule has 1 aliphatic heterocycles. The van der Waals surface area contributed by atoms with Gasteiger partial charge in [-0.05, 0) is 25.0 Å². The Morgan fingerprint density at radius 2 is 1.83 bits per heavy atom. The molecule has 0 atom stereocenters. The monoisotopic (exact) mass is 492 g/mol. The van der Waals surface area contributed by atoms with Crippen LogP contribution < -0.4 is 16.0 Å². The molecule has 1 fully saturated rings. The number of nitrogens with zero attached hydrogens (tertiary/aromatic N) is 4. The van der Waals surface area contributed by atoms with Gasteiger partial charge in [0.25, 0.3) is 0 Å². The number of benzene rings is 1. The predicted molar refractivity (Wildman–Crippen MR) is 118 cm³/mol. The van der Waals surface area contributed by atoms with E-state index in [9.17, 15) is 26.7 Å². The number of halogens is 5. The Morgan fingerprint density at radius 3 is 2.49 bits per heavy atom. The number of nitrogens with two attached hydrogens (primary N) is 1. The number of piperidine rings is 1. The maximum absolute atomic E-state index is 14.1. The molecule has 3 heterocycles. The minimum absolute atomic E-state index is 0.0137. The minimum Gasteiger partial charge on any atom is -0.369 e. The molecule has 7 nitrogen and oxygen atoms in total. The van der Waals surface area contributed by atoms with Crippen molar-refractivity contribution in [3.63, 3.8) is 0 Å². The van der Waals surface area contributed by atoms with Crippen molar-refractivity contribution >= 4 is 17.5 Å². The largest absolute Gasteiger partial charge is 0.417 e. The van der Waals surface area contributed by atoms with E-state index >= 15 is 0 Å². The molecule has 1 saturated heterocycles. The zero-order chi connectivity index (χ0) is 25.2. The van der Waals surface area contributed by atoms with Crippen LogP contribution in [0.4, 0.5) is 33.6 Å². The van der Waals surface area contributed by atoms with Gasteiger partial charge in [-0.25, -0.2) is 18.7 Å². The SMILES string of the molecule is NC(=O)C1CCN(c2cc(NCc3ccc(F)cc3F)nc(-c3cncc(C(F)(F)F)c3)n2)CC1. The molecule has 1 aliphatic rings. The Labute approximate surface area is 197 Å². The van der Waals surface area contributed by atoms with E-state index in [1.165, 1.54) is 12.3 Å². The summed E-state index contributed by atoms with van der Waals surface area (Å²) in [5.74, 6) is -1.48. The number of anilines is 2. The van der Waals surface area contributed by atoms with Gasteiger partial charge in [-0.15, -0.1) is 0 Å². The number of nitrogens with one attached hydrogen (secondary N) is 1. The molecule has 1 aromatic carbocycles. The molecule has 3 aromatic rings. The van der Waals surface area contributed by atoms with Gasteiger partial charge in [0.2, 0.25) is 5.91 Å². The average Bonchev–Trinajstić information content (AvgIpc) is 2.83. The molecule has 0 unspecified atom stereocenters. The summed E-state index contributed by atoms with van der Waals surface area (Å²) in [6.07, 6.45) is -1.67. The summed E-state index contributed by atoms with van der Waals surface area (Å²) in [4.78, 5) is 25.8. The quantitative estimate of drug-likeness (QED) is 0.502. The molecular weight excluding hydrogens is 471 g/mol. The fourth-order valence-corrected chi connectivity index (χ4v) is 3.78. The zero-order valence-corrected chi connectivity index (χ0v) is 18.3. The van der Waals surface area contributed by atoms with Crippen molar-refractivity contribution in [2.75, 3.05) is 23.3 Å². The molecule has 0 saturated carbocycles. The van der Waals surface area contributed by atoms with Gasteiger partial charge in [0, 0.05) is 61.2 Å². The van der Waals surface area contributed by atoms with E-state index in [0.29, 0.717) is 37.9 Å². The highest BCUT2D eigenvalue weighted by atomic mass is 19.4. The standard InChI is InChI=1S/C23H21F5N6O/c24-17-2-1-14(18(25)8-17)11-31-19-9-20(34-5-3-13(4-6-34)21(29)35)33-22(32-19)15-7-16(12-30-10-15)23(26,27)28/h1-2,7-10,12-13H,3-6,11H2,(H2,29,35)(H,31,32,33). The maximum Gasteiger partial charge on any atom is 0.417 e. The summed E-state index contributed by atoms with van der Waals surface area (Å²) in [7, 11) is 0. The molecule has 12 heteroatoms. The van der Waals surface area contributed by atoms with E-state index in [0.717, 1.165) is 18.2 Å². The fourth-order valence-electron chi connectivity index (χ4n) is 3.78. The first-order chi connectivity index (χ1) is 16.6. The van der Waals surface area contributed by atoms with Crippen LogP contribution in [-0.4, -0.2) is 33.9 Å². The lowest BCUT2D eigenvalue weighted by atomic mass is 9.96. The van der Waals surface area contributed by atoms with E-state index in [1.807, 2.05) is 4.90 Å². The van der Waals surface area contributed by atoms with E-state index in [-0.39, 0.29) is 41.1 Å². The molecule has 3 N–H and O–H groups in total. The van der Waals surface area contributed by atoms with Crippen LogP contribution in [0.2, 0.25) is 0 Å². The average molecular weight is 492 g/mol. The topological polar surface area (TPSA) is 97.0 Å². The van der Waals surface area contributed by atoms with Crippen molar-refractivity contribution in [1.82, 2.24) is 15.0 Å². The number of carbonyl (C=O) groups excluding carboxylic acids is 1. The third-order valence-corrected chi connectivity index (χ3v) is 5.73. The van der Waals surface area contributed by atoms with Crippen molar-refractivity contribution < 1.29 is 26.7 Å². The Morgan fingerprint density at radius 1 is 1.09 bits per heavy atom. The second-order valence-corrected chi connectivity index (χ2v) is 8.15. The molecule has 0 spiro atoms. The highest BCUT2D eigenvalue weighted by Gasteiger charge is 2.31. The lowest BCUT2D eigenvalue weighted by Gasteiger charge is -2.31. The highest BCUT2D eigenvalue weighted by Crippen LogP contribution is 2.32. The Hall–Kier alpha value is -3.83. The van der Waals surface area contributed by atoms with Crippen molar-refractivity contribution in [3.05, 3.63) is 65.5 Å². The van der Waals surface area contributed by atoms with Crippen molar-refractivity contribution in [3.8, 4) is 11.4 Å².